The van der Waals surface area contributed by atoms with Crippen LogP contribution < -0.4 is 10.6 Å². The molecule has 8 heteroatoms. The number of benzene rings is 1. The van der Waals surface area contributed by atoms with Crippen molar-refractivity contribution >= 4 is 35.7 Å². The lowest BCUT2D eigenvalue weighted by atomic mass is 9.98. The fraction of sp³-hybridized carbons (Fsp3) is 0.435. The number of ether oxygens (including phenoxy) is 1. The summed E-state index contributed by atoms with van der Waals surface area (Å²) in [6.07, 6.45) is 8.80. The molecule has 1 amide bonds. The summed E-state index contributed by atoms with van der Waals surface area (Å²) < 4.78 is 5.21. The number of aliphatic imine (C=N–C) groups is 2. The normalized spacial score (nSPS) is 22.8. The van der Waals surface area contributed by atoms with Crippen LogP contribution in [-0.4, -0.2) is 48.2 Å². The van der Waals surface area contributed by atoms with Crippen molar-refractivity contribution in [2.75, 3.05) is 24.3 Å². The Hall–Kier alpha value is -3.13. The highest BCUT2D eigenvalue weighted by Gasteiger charge is 2.23. The molecule has 0 aliphatic carbocycles. The lowest BCUT2D eigenvalue weighted by Crippen LogP contribution is -2.29. The number of nitrogens with zero attached hydrogens (tertiary/aromatic N) is 4. The monoisotopic (exact) mass is 420 g/mol. The van der Waals surface area contributed by atoms with Crippen molar-refractivity contribution in [3.8, 4) is 0 Å². The lowest BCUT2D eigenvalue weighted by Gasteiger charge is -2.21. The van der Waals surface area contributed by atoms with Gasteiger partial charge in [0.1, 0.15) is 6.23 Å². The minimum absolute atomic E-state index is 0.0655. The molecule has 0 saturated heterocycles. The van der Waals surface area contributed by atoms with E-state index in [0.717, 1.165) is 54.9 Å². The standard InChI is InChI=1S/C23H28N6O2/c1-15-5-7-18(27-22(30)17-6-8-21(31-2)26-14-17)12-20(15)29-23-25-11-9-19(28-23)16-4-3-10-24-13-16/h5,7,9-12,14,16-17,21H,3-4,6,8,13H2,1-2H3,(H,27,30)(H,25,28,29). The van der Waals surface area contributed by atoms with E-state index in [1.54, 1.807) is 19.5 Å². The predicted octanol–water partition coefficient (Wildman–Crippen LogP) is 3.87. The fourth-order valence-corrected chi connectivity index (χ4v) is 3.80. The van der Waals surface area contributed by atoms with Crippen LogP contribution in [0.2, 0.25) is 0 Å². The first-order valence-electron chi connectivity index (χ1n) is 10.7. The molecule has 0 bridgehead atoms. The van der Waals surface area contributed by atoms with Gasteiger partial charge in [-0.2, -0.15) is 0 Å². The van der Waals surface area contributed by atoms with Gasteiger partial charge in [-0.25, -0.2) is 9.97 Å². The van der Waals surface area contributed by atoms with Gasteiger partial charge in [0.05, 0.1) is 11.6 Å². The van der Waals surface area contributed by atoms with E-state index < -0.39 is 0 Å². The molecule has 3 atom stereocenters. The number of aryl methyl sites for hydroxylation is 1. The van der Waals surface area contributed by atoms with Crippen molar-refractivity contribution < 1.29 is 9.53 Å². The molecule has 162 valence electrons. The van der Waals surface area contributed by atoms with Crippen LogP contribution in [-0.2, 0) is 9.53 Å². The number of methoxy groups -OCH3 is 1. The molecule has 2 aromatic rings. The molecule has 2 aliphatic heterocycles. The van der Waals surface area contributed by atoms with Gasteiger partial charge in [-0.15, -0.1) is 0 Å². The number of carbonyl (C=O) groups excluding carboxylic acids is 1. The third-order valence-electron chi connectivity index (χ3n) is 5.71. The minimum atomic E-state index is -0.248. The van der Waals surface area contributed by atoms with Crippen LogP contribution in [0.1, 0.15) is 42.9 Å². The van der Waals surface area contributed by atoms with Gasteiger partial charge in [-0.3, -0.25) is 14.8 Å². The molecule has 2 N–H and O–H groups in total. The Morgan fingerprint density at radius 2 is 2.10 bits per heavy atom. The van der Waals surface area contributed by atoms with Gasteiger partial charge in [0, 0.05) is 43.4 Å². The highest BCUT2D eigenvalue weighted by atomic mass is 16.5. The zero-order valence-corrected chi connectivity index (χ0v) is 17.9. The van der Waals surface area contributed by atoms with Crippen molar-refractivity contribution in [3.63, 3.8) is 0 Å². The third-order valence-corrected chi connectivity index (χ3v) is 5.71. The molecule has 0 fully saturated rings. The van der Waals surface area contributed by atoms with Crippen LogP contribution in [0.3, 0.4) is 0 Å². The van der Waals surface area contributed by atoms with E-state index in [-0.39, 0.29) is 18.1 Å². The van der Waals surface area contributed by atoms with Crippen molar-refractivity contribution in [2.45, 2.75) is 44.8 Å². The van der Waals surface area contributed by atoms with E-state index >= 15 is 0 Å². The summed E-state index contributed by atoms with van der Waals surface area (Å²) in [6.45, 7) is 2.78. The topological polar surface area (TPSA) is 101 Å². The van der Waals surface area contributed by atoms with Gasteiger partial charge in [0.15, 0.2) is 0 Å². The maximum atomic E-state index is 12.6. The highest BCUT2D eigenvalue weighted by Crippen LogP contribution is 2.26. The minimum Gasteiger partial charge on any atom is -0.360 e. The maximum absolute atomic E-state index is 12.6. The quantitative estimate of drug-likeness (QED) is 0.739. The summed E-state index contributed by atoms with van der Waals surface area (Å²) in [4.78, 5) is 30.4. The number of aromatic nitrogens is 2. The van der Waals surface area contributed by atoms with E-state index in [0.29, 0.717) is 11.9 Å². The number of amides is 1. The fourth-order valence-electron chi connectivity index (χ4n) is 3.80. The number of hydrogen-bond acceptors (Lipinski definition) is 7. The SMILES string of the molecule is COC1CCC(C(=O)Nc2ccc(C)c(Nc3nccc(C4CCC=NC4)n3)c2)C=N1. The van der Waals surface area contributed by atoms with Gasteiger partial charge >= 0.3 is 0 Å². The third kappa shape index (κ3) is 5.32. The van der Waals surface area contributed by atoms with Crippen molar-refractivity contribution in [1.82, 2.24) is 9.97 Å². The van der Waals surface area contributed by atoms with Gasteiger partial charge in [-0.1, -0.05) is 6.07 Å². The molecule has 3 unspecified atom stereocenters. The van der Waals surface area contributed by atoms with Crippen LogP contribution >= 0.6 is 0 Å². The van der Waals surface area contributed by atoms with Crippen molar-refractivity contribution in [2.24, 2.45) is 15.9 Å². The number of anilines is 3. The Morgan fingerprint density at radius 1 is 1.19 bits per heavy atom. The smallest absolute Gasteiger partial charge is 0.232 e. The first-order valence-corrected chi connectivity index (χ1v) is 10.7. The van der Waals surface area contributed by atoms with Crippen LogP contribution in [0.15, 0.2) is 40.4 Å². The molecule has 0 saturated carbocycles. The Bertz CT molecular complexity index is 990. The first kappa shape index (κ1) is 21.1. The molecule has 4 rings (SSSR count). The molecule has 1 aromatic heterocycles. The summed E-state index contributed by atoms with van der Waals surface area (Å²) in [7, 11) is 1.63. The Morgan fingerprint density at radius 3 is 2.84 bits per heavy atom. The van der Waals surface area contributed by atoms with Crippen molar-refractivity contribution in [3.05, 3.63) is 41.7 Å². The van der Waals surface area contributed by atoms with Crippen LogP contribution in [0, 0.1) is 12.8 Å². The predicted molar refractivity (Wildman–Crippen MR) is 122 cm³/mol. The van der Waals surface area contributed by atoms with Gasteiger partial charge in [-0.05, 0) is 62.6 Å². The van der Waals surface area contributed by atoms with E-state index in [1.165, 1.54) is 0 Å². The second-order valence-electron chi connectivity index (χ2n) is 7.94. The van der Waals surface area contributed by atoms with Crippen LogP contribution in [0.25, 0.3) is 0 Å². The summed E-state index contributed by atoms with van der Waals surface area (Å²) >= 11 is 0. The number of hydrogen-bond donors (Lipinski definition) is 2. The van der Waals surface area contributed by atoms with E-state index in [2.05, 4.69) is 25.6 Å². The van der Waals surface area contributed by atoms with Gasteiger partial charge in [0.2, 0.25) is 11.9 Å². The number of nitrogens with one attached hydrogen (secondary N) is 2. The molecule has 3 heterocycles. The Labute approximate surface area is 182 Å². The van der Waals surface area contributed by atoms with Gasteiger partial charge in [0.25, 0.3) is 0 Å². The molecule has 0 spiro atoms. The molecular weight excluding hydrogens is 392 g/mol. The van der Waals surface area contributed by atoms with Crippen LogP contribution in [0.5, 0.6) is 0 Å². The zero-order valence-electron chi connectivity index (χ0n) is 17.9. The average Bonchev–Trinajstić information content (AvgIpc) is 2.82. The molecule has 2 aliphatic rings. The second kappa shape index (κ2) is 9.78. The van der Waals surface area contributed by atoms with Crippen molar-refractivity contribution in [1.29, 1.82) is 0 Å². The van der Waals surface area contributed by atoms with E-state index in [9.17, 15) is 4.79 Å². The largest absolute Gasteiger partial charge is 0.360 e. The summed E-state index contributed by atoms with van der Waals surface area (Å²) in [5.41, 5.74) is 3.62. The van der Waals surface area contributed by atoms with E-state index in [4.69, 9.17) is 9.72 Å². The van der Waals surface area contributed by atoms with Crippen LogP contribution in [0.4, 0.5) is 17.3 Å². The molecular formula is C23H28N6O2. The lowest BCUT2D eigenvalue weighted by molar-refractivity contribution is -0.118. The summed E-state index contributed by atoms with van der Waals surface area (Å²) in [5, 5.41) is 6.30. The first-order chi connectivity index (χ1) is 15.1. The second-order valence-corrected chi connectivity index (χ2v) is 7.94. The van der Waals surface area contributed by atoms with Gasteiger partial charge < -0.3 is 15.4 Å². The summed E-state index contributed by atoms with van der Waals surface area (Å²) in [6, 6.07) is 7.73. The average molecular weight is 421 g/mol. The highest BCUT2D eigenvalue weighted by molar-refractivity contribution is 6.02. The Balaban J connectivity index is 1.45. The van der Waals surface area contributed by atoms with E-state index in [1.807, 2.05) is 37.4 Å². The zero-order chi connectivity index (χ0) is 21.6. The molecule has 1 aromatic carbocycles. The maximum Gasteiger partial charge on any atom is 0.232 e. The number of rotatable bonds is 6. The molecule has 8 nitrogen and oxygen atoms in total. The number of carbonyl (C=O) groups is 1. The Kier molecular flexibility index (Phi) is 6.66. The molecule has 0 radical (unpaired) electrons. The summed E-state index contributed by atoms with van der Waals surface area (Å²) in [5.74, 6) is 0.560. The molecule has 31 heavy (non-hydrogen) atoms.